The van der Waals surface area contributed by atoms with Crippen LogP contribution in [0.15, 0.2) is 18.2 Å². The Hall–Kier alpha value is -1.34. The van der Waals surface area contributed by atoms with Crippen molar-refractivity contribution >= 4 is 16.5 Å². The van der Waals surface area contributed by atoms with Crippen LogP contribution in [0.4, 0.5) is 10.1 Å². The van der Waals surface area contributed by atoms with Crippen molar-refractivity contribution in [3.63, 3.8) is 0 Å². The van der Waals surface area contributed by atoms with Crippen LogP contribution in [0, 0.1) is 15.9 Å². The number of rotatable bonds is 5. The van der Waals surface area contributed by atoms with E-state index in [4.69, 9.17) is 5.73 Å². The molecular formula is C11H15FN2O3S. The van der Waals surface area contributed by atoms with Gasteiger partial charge in [-0.05, 0) is 25.5 Å². The third-order valence-electron chi connectivity index (χ3n) is 2.07. The maximum Gasteiger partial charge on any atom is 0.304 e. The van der Waals surface area contributed by atoms with Crippen molar-refractivity contribution < 1.29 is 13.5 Å². The summed E-state index contributed by atoms with van der Waals surface area (Å²) >= 11 is 0. The molecule has 0 aliphatic rings. The third-order valence-corrected chi connectivity index (χ3v) is 3.79. The fraction of sp³-hybridized carbons (Fsp3) is 0.455. The van der Waals surface area contributed by atoms with Crippen molar-refractivity contribution in [1.29, 1.82) is 0 Å². The van der Waals surface area contributed by atoms with E-state index in [0.29, 0.717) is 5.56 Å². The third kappa shape index (κ3) is 4.50. The van der Waals surface area contributed by atoms with E-state index in [1.807, 2.05) is 0 Å². The minimum Gasteiger partial charge on any atom is -0.325 e. The molecule has 0 amide bonds. The molecular weight excluding hydrogens is 259 g/mol. The normalized spacial score (nSPS) is 13.3. The van der Waals surface area contributed by atoms with Gasteiger partial charge in [0.25, 0.3) is 0 Å². The fourth-order valence-corrected chi connectivity index (χ4v) is 2.92. The van der Waals surface area contributed by atoms with E-state index in [1.54, 1.807) is 13.8 Å². The number of nitro benzene ring substituents is 1. The van der Waals surface area contributed by atoms with Crippen molar-refractivity contribution in [2.24, 2.45) is 5.73 Å². The lowest BCUT2D eigenvalue weighted by Crippen LogP contribution is -2.38. The molecule has 0 saturated heterocycles. The minimum absolute atomic E-state index is 0.134. The predicted octanol–water partition coefficient (Wildman–Crippen LogP) is 1.72. The van der Waals surface area contributed by atoms with Gasteiger partial charge in [0, 0.05) is 33.9 Å². The van der Waals surface area contributed by atoms with Gasteiger partial charge in [0.05, 0.1) is 4.92 Å². The summed E-state index contributed by atoms with van der Waals surface area (Å²) in [5, 5.41) is 10.4. The van der Waals surface area contributed by atoms with E-state index in [1.165, 1.54) is 6.07 Å². The standard InChI is InChI=1S/C11H15FN2O3S/c1-11(2,13)7-18(17)6-8-3-4-10(14(15)16)9(12)5-8/h3-5H,6-7,13H2,1-2H3. The topological polar surface area (TPSA) is 86.2 Å². The molecule has 0 heterocycles. The van der Waals surface area contributed by atoms with Crippen LogP contribution >= 0.6 is 0 Å². The van der Waals surface area contributed by atoms with E-state index in [-0.39, 0.29) is 11.5 Å². The minimum atomic E-state index is -1.23. The largest absolute Gasteiger partial charge is 0.325 e. The summed E-state index contributed by atoms with van der Waals surface area (Å²) in [6.45, 7) is 3.50. The molecule has 0 fully saturated rings. The Morgan fingerprint density at radius 3 is 2.56 bits per heavy atom. The summed E-state index contributed by atoms with van der Waals surface area (Å²) in [6, 6.07) is 3.53. The monoisotopic (exact) mass is 274 g/mol. The first kappa shape index (κ1) is 14.7. The second kappa shape index (κ2) is 5.53. The number of nitrogens with zero attached hydrogens (tertiary/aromatic N) is 1. The Kier molecular flexibility index (Phi) is 4.53. The molecule has 0 aromatic heterocycles. The molecule has 1 aromatic carbocycles. The first-order valence-electron chi connectivity index (χ1n) is 5.26. The highest BCUT2D eigenvalue weighted by Crippen LogP contribution is 2.19. The summed E-state index contributed by atoms with van der Waals surface area (Å²) in [4.78, 5) is 9.64. The molecule has 1 aromatic rings. The van der Waals surface area contributed by atoms with Crippen LogP contribution in [0.5, 0.6) is 0 Å². The van der Waals surface area contributed by atoms with Crippen molar-refractivity contribution in [3.05, 3.63) is 39.7 Å². The summed E-state index contributed by atoms with van der Waals surface area (Å²) in [5.41, 5.74) is 5.04. The maximum atomic E-state index is 13.3. The molecule has 100 valence electrons. The van der Waals surface area contributed by atoms with E-state index in [9.17, 15) is 18.7 Å². The highest BCUT2D eigenvalue weighted by molar-refractivity contribution is 7.84. The summed E-state index contributed by atoms with van der Waals surface area (Å²) in [6.07, 6.45) is 0. The second-order valence-electron chi connectivity index (χ2n) is 4.76. The lowest BCUT2D eigenvalue weighted by atomic mass is 10.1. The van der Waals surface area contributed by atoms with Gasteiger partial charge in [0.1, 0.15) is 0 Å². The molecule has 2 N–H and O–H groups in total. The van der Waals surface area contributed by atoms with Crippen LogP contribution in [-0.2, 0) is 16.6 Å². The predicted molar refractivity (Wildman–Crippen MR) is 68.0 cm³/mol. The molecule has 18 heavy (non-hydrogen) atoms. The van der Waals surface area contributed by atoms with E-state index in [0.717, 1.165) is 12.1 Å². The van der Waals surface area contributed by atoms with Gasteiger partial charge in [-0.25, -0.2) is 0 Å². The van der Waals surface area contributed by atoms with E-state index >= 15 is 0 Å². The molecule has 0 aliphatic carbocycles. The Balaban J connectivity index is 2.78. The van der Waals surface area contributed by atoms with Crippen LogP contribution in [0.2, 0.25) is 0 Å². The molecule has 0 saturated carbocycles. The Morgan fingerprint density at radius 2 is 2.11 bits per heavy atom. The maximum absolute atomic E-state index is 13.3. The van der Waals surface area contributed by atoms with Crippen molar-refractivity contribution in [2.75, 3.05) is 5.75 Å². The highest BCUT2D eigenvalue weighted by Gasteiger charge is 2.18. The SMILES string of the molecule is CC(C)(N)CS(=O)Cc1ccc([N+](=O)[O-])c(F)c1. The zero-order valence-electron chi connectivity index (χ0n) is 10.2. The highest BCUT2D eigenvalue weighted by atomic mass is 32.2. The number of nitrogens with two attached hydrogens (primary N) is 1. The summed E-state index contributed by atoms with van der Waals surface area (Å²) in [5.74, 6) is -0.497. The van der Waals surface area contributed by atoms with Gasteiger partial charge in [-0.3, -0.25) is 14.3 Å². The molecule has 1 unspecified atom stereocenters. The zero-order chi connectivity index (χ0) is 13.9. The van der Waals surface area contributed by atoms with Gasteiger partial charge in [0.2, 0.25) is 5.82 Å². The van der Waals surface area contributed by atoms with Gasteiger partial charge < -0.3 is 5.73 Å². The second-order valence-corrected chi connectivity index (χ2v) is 6.22. The van der Waals surface area contributed by atoms with E-state index in [2.05, 4.69) is 0 Å². The number of nitro groups is 1. The molecule has 1 atom stereocenters. The first-order chi connectivity index (χ1) is 8.19. The summed E-state index contributed by atoms with van der Waals surface area (Å²) in [7, 11) is -1.23. The number of hydrogen-bond donors (Lipinski definition) is 1. The van der Waals surface area contributed by atoms with Crippen LogP contribution in [0.25, 0.3) is 0 Å². The Morgan fingerprint density at radius 1 is 1.50 bits per heavy atom. The summed E-state index contributed by atoms with van der Waals surface area (Å²) < 4.78 is 25.1. The van der Waals surface area contributed by atoms with Crippen molar-refractivity contribution in [2.45, 2.75) is 25.1 Å². The van der Waals surface area contributed by atoms with Crippen molar-refractivity contribution in [1.82, 2.24) is 0 Å². The number of halogens is 1. The molecule has 0 radical (unpaired) electrons. The Labute approximate surface area is 107 Å². The lowest BCUT2D eigenvalue weighted by Gasteiger charge is -2.17. The number of hydrogen-bond acceptors (Lipinski definition) is 4. The van der Waals surface area contributed by atoms with Crippen LogP contribution in [-0.4, -0.2) is 20.4 Å². The van der Waals surface area contributed by atoms with Crippen LogP contribution < -0.4 is 5.73 Å². The molecule has 7 heteroatoms. The average Bonchev–Trinajstić information content (AvgIpc) is 2.13. The first-order valence-corrected chi connectivity index (χ1v) is 6.74. The molecule has 0 aliphatic heterocycles. The molecule has 0 bridgehead atoms. The number of benzene rings is 1. The lowest BCUT2D eigenvalue weighted by molar-refractivity contribution is -0.387. The Bertz CT molecular complexity index is 486. The zero-order valence-corrected chi connectivity index (χ0v) is 11.0. The average molecular weight is 274 g/mol. The van der Waals surface area contributed by atoms with Crippen LogP contribution in [0.1, 0.15) is 19.4 Å². The van der Waals surface area contributed by atoms with Crippen LogP contribution in [0.3, 0.4) is 0 Å². The van der Waals surface area contributed by atoms with Crippen molar-refractivity contribution in [3.8, 4) is 0 Å². The molecule has 5 nitrogen and oxygen atoms in total. The molecule has 1 rings (SSSR count). The fourth-order valence-electron chi connectivity index (χ4n) is 1.44. The van der Waals surface area contributed by atoms with Gasteiger partial charge in [-0.1, -0.05) is 6.07 Å². The quantitative estimate of drug-likeness (QED) is 0.654. The van der Waals surface area contributed by atoms with Gasteiger partial charge in [0.15, 0.2) is 0 Å². The van der Waals surface area contributed by atoms with Gasteiger partial charge in [-0.2, -0.15) is 4.39 Å². The smallest absolute Gasteiger partial charge is 0.304 e. The van der Waals surface area contributed by atoms with Gasteiger partial charge >= 0.3 is 5.69 Å². The molecule has 0 spiro atoms. The van der Waals surface area contributed by atoms with Gasteiger partial charge in [-0.15, -0.1) is 0 Å². The van der Waals surface area contributed by atoms with E-state index < -0.39 is 32.8 Å².